The maximum absolute atomic E-state index is 11.3. The van der Waals surface area contributed by atoms with E-state index in [1.54, 1.807) is 6.92 Å². The topological polar surface area (TPSA) is 46.2 Å². The predicted octanol–water partition coefficient (Wildman–Crippen LogP) is 2.08. The van der Waals surface area contributed by atoms with Crippen molar-refractivity contribution in [3.8, 4) is 0 Å². The molecule has 1 unspecified atom stereocenters. The zero-order valence-corrected chi connectivity index (χ0v) is 11.9. The summed E-state index contributed by atoms with van der Waals surface area (Å²) in [6, 6.07) is 0. The molecular weight excluding hydrogens is 222 g/mol. The van der Waals surface area contributed by atoms with E-state index in [0.717, 1.165) is 25.9 Å². The molecule has 0 saturated carbocycles. The van der Waals surface area contributed by atoms with Crippen LogP contribution in [0.4, 0.5) is 0 Å². The highest BCUT2D eigenvalue weighted by Crippen LogP contribution is 2.06. The quantitative estimate of drug-likeness (QED) is 0.680. The molecule has 0 aliphatic carbocycles. The van der Waals surface area contributed by atoms with Crippen LogP contribution in [0.5, 0.6) is 0 Å². The lowest BCUT2D eigenvalue weighted by Gasteiger charge is -2.13. The van der Waals surface area contributed by atoms with E-state index in [-0.39, 0.29) is 5.75 Å². The van der Waals surface area contributed by atoms with Gasteiger partial charge in [-0.15, -0.1) is 0 Å². The molecule has 0 radical (unpaired) electrons. The first-order valence-corrected chi connectivity index (χ1v) is 8.10. The zero-order valence-electron chi connectivity index (χ0n) is 11.1. The molecule has 1 atom stereocenters. The third-order valence-corrected chi connectivity index (χ3v) is 4.43. The van der Waals surface area contributed by atoms with Crippen LogP contribution in [0.2, 0.25) is 0 Å². The zero-order chi connectivity index (χ0) is 12.6. The molecule has 0 saturated heterocycles. The molecule has 3 nitrogen and oxygen atoms in total. The fourth-order valence-electron chi connectivity index (χ4n) is 1.52. The smallest absolute Gasteiger partial charge is 0.150 e. The van der Waals surface area contributed by atoms with Gasteiger partial charge in [0.2, 0.25) is 0 Å². The van der Waals surface area contributed by atoms with Crippen LogP contribution in [0.25, 0.3) is 0 Å². The number of sulfone groups is 1. The van der Waals surface area contributed by atoms with Crippen molar-refractivity contribution in [1.82, 2.24) is 5.32 Å². The van der Waals surface area contributed by atoms with Gasteiger partial charge in [-0.3, -0.25) is 0 Å². The van der Waals surface area contributed by atoms with Crippen molar-refractivity contribution < 1.29 is 8.42 Å². The van der Waals surface area contributed by atoms with Gasteiger partial charge in [0.1, 0.15) is 9.84 Å². The summed E-state index contributed by atoms with van der Waals surface area (Å²) in [5.74, 6) is 1.85. The minimum atomic E-state index is -2.77. The van der Waals surface area contributed by atoms with Gasteiger partial charge in [-0.2, -0.15) is 0 Å². The van der Waals surface area contributed by atoms with Crippen LogP contribution in [-0.2, 0) is 9.84 Å². The first-order chi connectivity index (χ1) is 7.37. The molecule has 4 heteroatoms. The van der Waals surface area contributed by atoms with Crippen LogP contribution < -0.4 is 5.32 Å². The third-order valence-electron chi connectivity index (χ3n) is 2.64. The average Bonchev–Trinajstić information content (AvgIpc) is 2.17. The number of rotatable bonds is 9. The van der Waals surface area contributed by atoms with Gasteiger partial charge in [0.25, 0.3) is 0 Å². The van der Waals surface area contributed by atoms with Crippen LogP contribution in [0.15, 0.2) is 0 Å². The van der Waals surface area contributed by atoms with Crippen molar-refractivity contribution in [1.29, 1.82) is 0 Å². The summed E-state index contributed by atoms with van der Waals surface area (Å²) in [5, 5.41) is 3.40. The monoisotopic (exact) mass is 249 g/mol. The van der Waals surface area contributed by atoms with Crippen molar-refractivity contribution in [2.75, 3.05) is 24.6 Å². The van der Waals surface area contributed by atoms with Gasteiger partial charge in [-0.05, 0) is 37.8 Å². The second-order valence-corrected chi connectivity index (χ2v) is 7.51. The Labute approximate surface area is 101 Å². The normalized spacial score (nSPS) is 14.3. The maximum atomic E-state index is 11.3. The highest BCUT2D eigenvalue weighted by Gasteiger charge is 2.08. The van der Waals surface area contributed by atoms with Crippen LogP contribution in [0, 0.1) is 11.8 Å². The standard InChI is InChI=1S/C12H27NO2S/c1-5-16(14,15)8-6-7-12(4)10-13-9-11(2)3/h11-13H,5-10H2,1-4H3. The van der Waals surface area contributed by atoms with E-state index in [0.29, 0.717) is 17.6 Å². The molecule has 0 aliphatic heterocycles. The van der Waals surface area contributed by atoms with Crippen molar-refractivity contribution in [2.24, 2.45) is 11.8 Å². The molecule has 0 aromatic carbocycles. The average molecular weight is 249 g/mol. The maximum Gasteiger partial charge on any atom is 0.150 e. The fourth-order valence-corrected chi connectivity index (χ4v) is 2.41. The van der Waals surface area contributed by atoms with Crippen molar-refractivity contribution in [3.05, 3.63) is 0 Å². The summed E-state index contributed by atoms with van der Waals surface area (Å²) < 4.78 is 22.5. The van der Waals surface area contributed by atoms with E-state index >= 15 is 0 Å². The van der Waals surface area contributed by atoms with Gasteiger partial charge >= 0.3 is 0 Å². The lowest BCUT2D eigenvalue weighted by atomic mass is 10.1. The molecule has 0 spiro atoms. The molecule has 1 N–H and O–H groups in total. The Bertz CT molecular complexity index is 260. The minimum Gasteiger partial charge on any atom is -0.316 e. The van der Waals surface area contributed by atoms with Crippen molar-refractivity contribution in [3.63, 3.8) is 0 Å². The summed E-state index contributed by atoms with van der Waals surface area (Å²) in [5.41, 5.74) is 0. The summed E-state index contributed by atoms with van der Waals surface area (Å²) in [7, 11) is -2.77. The minimum absolute atomic E-state index is 0.271. The van der Waals surface area contributed by atoms with Crippen LogP contribution in [0.3, 0.4) is 0 Å². The van der Waals surface area contributed by atoms with Gasteiger partial charge in [-0.25, -0.2) is 8.42 Å². The predicted molar refractivity (Wildman–Crippen MR) is 70.4 cm³/mol. The van der Waals surface area contributed by atoms with Crippen molar-refractivity contribution in [2.45, 2.75) is 40.5 Å². The molecule has 0 bridgehead atoms. The Morgan fingerprint density at radius 1 is 1.12 bits per heavy atom. The van der Waals surface area contributed by atoms with E-state index in [9.17, 15) is 8.42 Å². The van der Waals surface area contributed by atoms with Crippen LogP contribution in [0.1, 0.15) is 40.5 Å². The Hall–Kier alpha value is -0.0900. The second kappa shape index (κ2) is 8.07. The van der Waals surface area contributed by atoms with Gasteiger partial charge < -0.3 is 5.32 Å². The van der Waals surface area contributed by atoms with E-state index in [2.05, 4.69) is 26.1 Å². The summed E-state index contributed by atoms with van der Waals surface area (Å²) in [4.78, 5) is 0. The molecule has 0 aromatic rings. The van der Waals surface area contributed by atoms with Gasteiger partial charge in [0.15, 0.2) is 0 Å². The van der Waals surface area contributed by atoms with Gasteiger partial charge in [0, 0.05) is 5.75 Å². The van der Waals surface area contributed by atoms with Crippen LogP contribution >= 0.6 is 0 Å². The first kappa shape index (κ1) is 15.9. The highest BCUT2D eigenvalue weighted by atomic mass is 32.2. The van der Waals surface area contributed by atoms with E-state index in [1.807, 2.05) is 0 Å². The Morgan fingerprint density at radius 2 is 1.75 bits per heavy atom. The lowest BCUT2D eigenvalue weighted by Crippen LogP contribution is -2.25. The molecule has 0 aromatic heterocycles. The number of hydrogen-bond donors (Lipinski definition) is 1. The molecule has 0 heterocycles. The lowest BCUT2D eigenvalue weighted by molar-refractivity contribution is 0.450. The Kier molecular flexibility index (Phi) is 8.02. The molecule has 98 valence electrons. The SMILES string of the molecule is CCS(=O)(=O)CCCC(C)CNCC(C)C. The fraction of sp³-hybridized carbons (Fsp3) is 1.00. The van der Waals surface area contributed by atoms with Gasteiger partial charge in [0.05, 0.1) is 5.75 Å². The molecule has 0 aliphatic rings. The Balaban J connectivity index is 3.55. The highest BCUT2D eigenvalue weighted by molar-refractivity contribution is 7.91. The summed E-state index contributed by atoms with van der Waals surface area (Å²) >= 11 is 0. The Morgan fingerprint density at radius 3 is 2.25 bits per heavy atom. The van der Waals surface area contributed by atoms with E-state index in [4.69, 9.17) is 0 Å². The molecule has 0 rings (SSSR count). The molecular formula is C12H27NO2S. The molecule has 0 amide bonds. The largest absolute Gasteiger partial charge is 0.316 e. The van der Waals surface area contributed by atoms with Gasteiger partial charge in [-0.1, -0.05) is 27.7 Å². The van der Waals surface area contributed by atoms with E-state index in [1.165, 1.54) is 0 Å². The summed E-state index contributed by atoms with van der Waals surface area (Å²) in [6.07, 6.45) is 1.78. The number of nitrogens with one attached hydrogen (secondary N) is 1. The van der Waals surface area contributed by atoms with Crippen molar-refractivity contribution >= 4 is 9.84 Å². The molecule has 16 heavy (non-hydrogen) atoms. The van der Waals surface area contributed by atoms with E-state index < -0.39 is 9.84 Å². The first-order valence-electron chi connectivity index (χ1n) is 6.28. The summed E-state index contributed by atoms with van der Waals surface area (Å²) in [6.45, 7) is 10.3. The third kappa shape index (κ3) is 9.16. The number of hydrogen-bond acceptors (Lipinski definition) is 3. The van der Waals surface area contributed by atoms with Crippen LogP contribution in [-0.4, -0.2) is 33.0 Å². The second-order valence-electron chi connectivity index (χ2n) is 5.04. The molecule has 0 fully saturated rings.